The van der Waals surface area contributed by atoms with Crippen molar-refractivity contribution in [2.24, 2.45) is 0 Å². The molecule has 1 aromatic rings. The lowest BCUT2D eigenvalue weighted by Gasteiger charge is -2.43. The van der Waals surface area contributed by atoms with Gasteiger partial charge in [-0.3, -0.25) is 0 Å². The molecule has 3 nitrogen and oxygen atoms in total. The fourth-order valence-corrected chi connectivity index (χ4v) is 6.90. The second-order valence-corrected chi connectivity index (χ2v) is 15.2. The maximum Gasteiger partial charge on any atom is 0.538 e. The van der Waals surface area contributed by atoms with Crippen LogP contribution in [0, 0.1) is 0 Å². The zero-order valence-corrected chi connectivity index (χ0v) is 21.2. The first kappa shape index (κ1) is 24.3. The zero-order valence-electron chi connectivity index (χ0n) is 19.2. The van der Waals surface area contributed by atoms with Crippen molar-refractivity contribution in [3.05, 3.63) is 36.4 Å². The molecule has 0 spiro atoms. The summed E-state index contributed by atoms with van der Waals surface area (Å²) in [7, 11) is -3.85. The molecule has 1 radical (unpaired) electrons. The smallest absolute Gasteiger partial charge is 0.365 e. The van der Waals surface area contributed by atoms with Crippen LogP contribution in [-0.4, -0.2) is 34.4 Å². The van der Waals surface area contributed by atoms with Crippen LogP contribution in [-0.2, 0) is 13.3 Å². The predicted molar refractivity (Wildman–Crippen MR) is 121 cm³/mol. The van der Waals surface area contributed by atoms with E-state index in [9.17, 15) is 0 Å². The highest BCUT2D eigenvalue weighted by Crippen LogP contribution is 2.29. The minimum absolute atomic E-state index is 0.403. The van der Waals surface area contributed by atoms with Crippen molar-refractivity contribution in [2.75, 3.05) is 0 Å². The highest BCUT2D eigenvalue weighted by molar-refractivity contribution is 6.77. The van der Waals surface area contributed by atoms with Crippen LogP contribution < -0.4 is 5.19 Å². The average molecular weight is 408 g/mol. The predicted octanol–water partition coefficient (Wildman–Crippen LogP) is 5.58. The molecule has 153 valence electrons. The lowest BCUT2D eigenvalue weighted by Crippen LogP contribution is -2.64. The summed E-state index contributed by atoms with van der Waals surface area (Å²) in [6.07, 6.45) is 0. The van der Waals surface area contributed by atoms with E-state index < -0.39 is 34.4 Å². The molecule has 5 heteroatoms. The third kappa shape index (κ3) is 8.04. The molecule has 0 fully saturated rings. The molecule has 1 rings (SSSR count). The molecule has 0 saturated heterocycles. The Morgan fingerprint density at radius 2 is 1.22 bits per heavy atom. The van der Waals surface area contributed by atoms with Crippen molar-refractivity contribution in [1.82, 2.24) is 0 Å². The number of rotatable bonds is 6. The Bertz CT molecular complexity index is 606. The van der Waals surface area contributed by atoms with E-state index in [0.717, 1.165) is 10.8 Å². The second-order valence-electron chi connectivity index (χ2n) is 10.3. The van der Waals surface area contributed by atoms with Gasteiger partial charge >= 0.3 is 8.80 Å². The lowest BCUT2D eigenvalue weighted by atomic mass is 10.2. The monoisotopic (exact) mass is 407 g/mol. The minimum atomic E-state index is -3.22. The Kier molecular flexibility index (Phi) is 7.50. The van der Waals surface area contributed by atoms with Crippen molar-refractivity contribution in [2.45, 2.75) is 92.2 Å². The summed E-state index contributed by atoms with van der Waals surface area (Å²) in [5.74, 6) is 0. The average Bonchev–Trinajstić information content (AvgIpc) is 2.40. The quantitative estimate of drug-likeness (QED) is 0.576. The van der Waals surface area contributed by atoms with Gasteiger partial charge < -0.3 is 13.3 Å². The molecule has 0 unspecified atom stereocenters. The molecule has 0 atom stereocenters. The van der Waals surface area contributed by atoms with E-state index in [0.29, 0.717) is 0 Å². The van der Waals surface area contributed by atoms with E-state index in [2.05, 4.69) is 106 Å². The van der Waals surface area contributed by atoms with E-state index in [1.165, 1.54) is 5.20 Å². The molecule has 0 amide bonds. The van der Waals surface area contributed by atoms with E-state index in [4.69, 9.17) is 13.3 Å². The van der Waals surface area contributed by atoms with Crippen LogP contribution >= 0.6 is 0 Å². The molecule has 0 N–H and O–H groups in total. The highest BCUT2D eigenvalue weighted by atomic mass is 28.4. The summed E-state index contributed by atoms with van der Waals surface area (Å²) in [5.41, 5.74) is -0.0589. The number of hydrogen-bond acceptors (Lipinski definition) is 3. The van der Waals surface area contributed by atoms with Gasteiger partial charge in [-0.2, -0.15) is 0 Å². The molecular formula is C22H39O3Si2. The maximum atomic E-state index is 6.63. The van der Waals surface area contributed by atoms with Crippen LogP contribution in [0.25, 0.3) is 5.20 Å². The van der Waals surface area contributed by atoms with Gasteiger partial charge in [-0.05, 0) is 73.9 Å². The van der Waals surface area contributed by atoms with Gasteiger partial charge in [0.2, 0.25) is 0 Å². The molecule has 0 aliphatic carbocycles. The van der Waals surface area contributed by atoms with Crippen LogP contribution in [0.4, 0.5) is 0 Å². The molecule has 0 aliphatic rings. The van der Waals surface area contributed by atoms with E-state index in [-0.39, 0.29) is 0 Å². The summed E-state index contributed by atoms with van der Waals surface area (Å²) in [6, 6.07) is 8.42. The lowest BCUT2D eigenvalue weighted by molar-refractivity contribution is -0.0655. The Labute approximate surface area is 170 Å². The van der Waals surface area contributed by atoms with Gasteiger partial charge in [-0.15, -0.1) is 0 Å². The van der Waals surface area contributed by atoms with Gasteiger partial charge in [-0.1, -0.05) is 43.1 Å². The van der Waals surface area contributed by atoms with Gasteiger partial charge in [0.15, 0.2) is 0 Å². The fraction of sp³-hybridized carbons (Fsp3) is 0.636. The molecule has 0 aliphatic heterocycles. The van der Waals surface area contributed by atoms with E-state index >= 15 is 0 Å². The van der Waals surface area contributed by atoms with E-state index in [1.54, 1.807) is 0 Å². The van der Waals surface area contributed by atoms with Crippen molar-refractivity contribution < 1.29 is 13.3 Å². The normalized spacial score (nSPS) is 13.9. The first-order chi connectivity index (χ1) is 11.9. The van der Waals surface area contributed by atoms with Crippen LogP contribution in [0.3, 0.4) is 0 Å². The van der Waals surface area contributed by atoms with Gasteiger partial charge in [0.05, 0.1) is 25.6 Å². The number of hydrogen-bond donors (Lipinski definition) is 0. The van der Waals surface area contributed by atoms with Crippen LogP contribution in [0.15, 0.2) is 30.8 Å². The highest BCUT2D eigenvalue weighted by Gasteiger charge is 2.52. The van der Waals surface area contributed by atoms with Gasteiger partial charge in [-0.25, -0.2) is 0 Å². The molecule has 0 heterocycles. The van der Waals surface area contributed by atoms with Crippen molar-refractivity contribution in [1.29, 1.82) is 0 Å². The largest absolute Gasteiger partial charge is 0.538 e. The molecule has 0 bridgehead atoms. The van der Waals surface area contributed by atoms with Crippen LogP contribution in [0.2, 0.25) is 13.1 Å². The Morgan fingerprint density at radius 1 is 0.815 bits per heavy atom. The third-order valence-electron chi connectivity index (χ3n) is 3.49. The third-order valence-corrected chi connectivity index (χ3v) is 8.65. The standard InChI is InChI=1S/C22H39O3Si2/c1-17(26(11)12)18-14-13-15-19(16-18)27(23-20(2,3)4,24-21(5,6)7)25-22(8,9)10/h13-16H,1H2,2-12H3. The Balaban J connectivity index is 3.63. The van der Waals surface area contributed by atoms with E-state index in [1.807, 2.05) is 0 Å². The molecule has 1 aromatic carbocycles. The molecular weight excluding hydrogens is 368 g/mol. The van der Waals surface area contributed by atoms with Crippen molar-refractivity contribution >= 4 is 28.0 Å². The van der Waals surface area contributed by atoms with Gasteiger partial charge in [0, 0.05) is 5.19 Å². The summed E-state index contributed by atoms with van der Waals surface area (Å²) < 4.78 is 19.9. The van der Waals surface area contributed by atoms with Crippen LogP contribution in [0.5, 0.6) is 0 Å². The maximum absolute atomic E-state index is 6.63. The number of benzene rings is 1. The summed E-state index contributed by atoms with van der Waals surface area (Å²) in [6.45, 7) is 27.3. The summed E-state index contributed by atoms with van der Waals surface area (Å²) in [4.78, 5) is 0. The topological polar surface area (TPSA) is 27.7 Å². The van der Waals surface area contributed by atoms with Gasteiger partial charge in [0.1, 0.15) is 0 Å². The summed E-state index contributed by atoms with van der Waals surface area (Å²) >= 11 is 0. The molecule has 0 saturated carbocycles. The fourth-order valence-electron chi connectivity index (χ4n) is 2.63. The molecule has 27 heavy (non-hydrogen) atoms. The van der Waals surface area contributed by atoms with Crippen molar-refractivity contribution in [3.63, 3.8) is 0 Å². The van der Waals surface area contributed by atoms with Crippen LogP contribution in [0.1, 0.15) is 67.9 Å². The zero-order chi connectivity index (χ0) is 21.3. The first-order valence-corrected chi connectivity index (χ1v) is 13.9. The second kappa shape index (κ2) is 8.33. The SMILES string of the molecule is C=C(c1cccc([Si](OC(C)(C)C)(OC(C)(C)C)OC(C)(C)C)c1)[Si](C)C. The van der Waals surface area contributed by atoms with Crippen molar-refractivity contribution in [3.8, 4) is 0 Å². The Hall–Kier alpha value is -0.726. The Morgan fingerprint density at radius 3 is 1.56 bits per heavy atom. The molecule has 0 aromatic heterocycles. The minimum Gasteiger partial charge on any atom is -0.365 e. The first-order valence-electron chi connectivity index (χ1n) is 9.65. The summed E-state index contributed by atoms with van der Waals surface area (Å²) in [5, 5.41) is 2.19. The van der Waals surface area contributed by atoms with Gasteiger partial charge in [0.25, 0.3) is 0 Å².